The summed E-state index contributed by atoms with van der Waals surface area (Å²) < 4.78 is 75.5. The van der Waals surface area contributed by atoms with Crippen LogP contribution in [0.1, 0.15) is 18.4 Å². The quantitative estimate of drug-likeness (QED) is 0.690. The van der Waals surface area contributed by atoms with Crippen LogP contribution in [-0.4, -0.2) is 64.7 Å². The van der Waals surface area contributed by atoms with Crippen molar-refractivity contribution in [2.45, 2.75) is 36.7 Å². The van der Waals surface area contributed by atoms with E-state index in [1.54, 1.807) is 19.1 Å². The zero-order valence-electron chi connectivity index (χ0n) is 14.1. The fourth-order valence-electron chi connectivity index (χ4n) is 3.61. The molecule has 26 heavy (non-hydrogen) atoms. The topological polar surface area (TPSA) is 106 Å². The summed E-state index contributed by atoms with van der Waals surface area (Å²) in [6.45, 7) is 1.62. The van der Waals surface area contributed by atoms with Crippen molar-refractivity contribution in [2.75, 3.05) is 23.0 Å². The minimum Gasteiger partial charge on any atom is -0.229 e. The van der Waals surface area contributed by atoms with Crippen LogP contribution in [0.25, 0.3) is 0 Å². The molecule has 1 aromatic carbocycles. The van der Waals surface area contributed by atoms with Crippen LogP contribution in [0, 0.1) is 6.92 Å². The Balaban J connectivity index is 2.09. The van der Waals surface area contributed by atoms with Gasteiger partial charge in [0.25, 0.3) is 0 Å². The van der Waals surface area contributed by atoms with E-state index >= 15 is 0 Å². The van der Waals surface area contributed by atoms with Crippen molar-refractivity contribution in [1.82, 2.24) is 4.31 Å². The molecule has 3 rings (SSSR count). The van der Waals surface area contributed by atoms with E-state index in [4.69, 9.17) is 11.6 Å². The van der Waals surface area contributed by atoms with Crippen LogP contribution < -0.4 is 0 Å². The van der Waals surface area contributed by atoms with Crippen LogP contribution in [0.2, 0.25) is 5.02 Å². The average Bonchev–Trinajstić information content (AvgIpc) is 3.03. The van der Waals surface area contributed by atoms with Gasteiger partial charge in [0.15, 0.2) is 19.7 Å². The number of benzene rings is 1. The number of sulfonamides is 1. The summed E-state index contributed by atoms with van der Waals surface area (Å²) in [5.74, 6) is -0.778. The molecule has 0 unspecified atom stereocenters. The van der Waals surface area contributed by atoms with E-state index in [0.717, 1.165) is 4.31 Å². The molecule has 0 amide bonds. The van der Waals surface area contributed by atoms with Crippen LogP contribution >= 0.6 is 11.6 Å². The number of halogens is 1. The molecular formula is C15H20ClNO6S3. The van der Waals surface area contributed by atoms with Gasteiger partial charge < -0.3 is 0 Å². The first-order valence-electron chi connectivity index (χ1n) is 8.12. The summed E-state index contributed by atoms with van der Waals surface area (Å²) in [5.41, 5.74) is 0.473. The molecule has 2 heterocycles. The van der Waals surface area contributed by atoms with E-state index in [1.807, 2.05) is 0 Å². The molecular weight excluding hydrogens is 422 g/mol. The normalized spacial score (nSPS) is 27.8. The second-order valence-corrected chi connectivity index (χ2v) is 13.6. The molecule has 1 aromatic rings. The van der Waals surface area contributed by atoms with Crippen molar-refractivity contribution in [3.8, 4) is 0 Å². The van der Waals surface area contributed by atoms with Crippen LogP contribution in [0.5, 0.6) is 0 Å². The van der Waals surface area contributed by atoms with Crippen molar-refractivity contribution in [3.05, 3.63) is 28.8 Å². The number of aryl methyl sites for hydroxylation is 1. The van der Waals surface area contributed by atoms with Gasteiger partial charge in [-0.25, -0.2) is 25.3 Å². The first-order valence-corrected chi connectivity index (χ1v) is 13.6. The second kappa shape index (κ2) is 6.73. The Morgan fingerprint density at radius 3 is 1.92 bits per heavy atom. The smallest absolute Gasteiger partial charge is 0.229 e. The fraction of sp³-hybridized carbons (Fsp3) is 0.600. The molecule has 0 aromatic heterocycles. The third kappa shape index (κ3) is 3.94. The minimum atomic E-state index is -4.10. The predicted octanol–water partition coefficient (Wildman–Crippen LogP) is 1.01. The Kier molecular flexibility index (Phi) is 5.20. The minimum absolute atomic E-state index is 0.0152. The van der Waals surface area contributed by atoms with Crippen molar-refractivity contribution in [2.24, 2.45) is 0 Å². The van der Waals surface area contributed by atoms with Gasteiger partial charge in [0, 0.05) is 17.1 Å². The highest BCUT2D eigenvalue weighted by Gasteiger charge is 2.46. The van der Waals surface area contributed by atoms with Crippen molar-refractivity contribution in [1.29, 1.82) is 0 Å². The Bertz CT molecular complexity index is 989. The number of nitrogens with zero attached hydrogens (tertiary/aromatic N) is 1. The van der Waals surface area contributed by atoms with Crippen LogP contribution in [0.15, 0.2) is 23.1 Å². The SMILES string of the molecule is Cc1ccc(Cl)cc1S(=O)(=O)N([C@H]1CCS(=O)(=O)C1)[C@H]1CCS(=O)(=O)C1. The zero-order chi connectivity index (χ0) is 19.3. The maximum atomic E-state index is 13.4. The molecule has 2 atom stereocenters. The Morgan fingerprint density at radius 2 is 1.50 bits per heavy atom. The first kappa shape index (κ1) is 20.1. The molecule has 0 saturated carbocycles. The molecule has 11 heteroatoms. The number of hydrogen-bond donors (Lipinski definition) is 0. The monoisotopic (exact) mass is 441 g/mol. The van der Waals surface area contributed by atoms with E-state index in [0.29, 0.717) is 5.56 Å². The van der Waals surface area contributed by atoms with Gasteiger partial charge in [0.2, 0.25) is 10.0 Å². The summed E-state index contributed by atoms with van der Waals surface area (Å²) in [6, 6.07) is 2.94. The lowest BCUT2D eigenvalue weighted by Gasteiger charge is -2.32. The molecule has 2 aliphatic rings. The van der Waals surface area contributed by atoms with Gasteiger partial charge in [0.1, 0.15) is 0 Å². The van der Waals surface area contributed by atoms with Crippen molar-refractivity contribution >= 4 is 41.3 Å². The predicted molar refractivity (Wildman–Crippen MR) is 99.3 cm³/mol. The molecule has 0 spiro atoms. The van der Waals surface area contributed by atoms with Crippen LogP contribution in [0.4, 0.5) is 0 Å². The molecule has 7 nitrogen and oxygen atoms in total. The highest BCUT2D eigenvalue weighted by Crippen LogP contribution is 2.33. The summed E-state index contributed by atoms with van der Waals surface area (Å²) in [4.78, 5) is -0.0152. The standard InChI is InChI=1S/C15H20ClNO6S3/c1-11-2-3-12(16)8-15(11)26(22,23)17(13-4-6-24(18,19)9-13)14-5-7-25(20,21)10-14/h2-3,8,13-14H,4-7,9-10H2,1H3/t13-,14-/m0/s1. The lowest BCUT2D eigenvalue weighted by Crippen LogP contribution is -2.48. The molecule has 146 valence electrons. The van der Waals surface area contributed by atoms with Gasteiger partial charge in [-0.3, -0.25) is 0 Å². The first-order chi connectivity index (χ1) is 11.9. The fourth-order valence-corrected chi connectivity index (χ4v) is 9.58. The summed E-state index contributed by atoms with van der Waals surface area (Å²) >= 11 is 5.96. The largest absolute Gasteiger partial charge is 0.243 e. The third-order valence-electron chi connectivity index (χ3n) is 4.84. The van der Waals surface area contributed by atoms with Gasteiger partial charge in [-0.15, -0.1) is 0 Å². The molecule has 0 radical (unpaired) electrons. The molecule has 0 N–H and O–H groups in total. The Morgan fingerprint density at radius 1 is 1.00 bits per heavy atom. The molecule has 2 aliphatic heterocycles. The second-order valence-electron chi connectivity index (χ2n) is 6.86. The van der Waals surface area contributed by atoms with Gasteiger partial charge >= 0.3 is 0 Å². The number of sulfone groups is 2. The van der Waals surface area contributed by atoms with E-state index in [2.05, 4.69) is 0 Å². The van der Waals surface area contributed by atoms with Crippen LogP contribution in [-0.2, 0) is 29.7 Å². The Labute approximate surface area is 159 Å². The molecule has 2 fully saturated rings. The highest BCUT2D eigenvalue weighted by atomic mass is 35.5. The van der Waals surface area contributed by atoms with Gasteiger partial charge in [-0.05, 0) is 37.5 Å². The van der Waals surface area contributed by atoms with E-state index in [9.17, 15) is 25.3 Å². The summed E-state index contributed by atoms with van der Waals surface area (Å²) in [6.07, 6.45) is 0.329. The van der Waals surface area contributed by atoms with Gasteiger partial charge in [0.05, 0.1) is 27.9 Å². The van der Waals surface area contributed by atoms with E-state index in [-0.39, 0.29) is 45.8 Å². The van der Waals surface area contributed by atoms with Crippen molar-refractivity contribution in [3.63, 3.8) is 0 Å². The molecule has 2 saturated heterocycles. The maximum absolute atomic E-state index is 13.4. The zero-order valence-corrected chi connectivity index (χ0v) is 17.3. The maximum Gasteiger partial charge on any atom is 0.243 e. The lowest BCUT2D eigenvalue weighted by molar-refractivity contribution is 0.280. The Hall–Kier alpha value is -0.680. The van der Waals surface area contributed by atoms with E-state index in [1.165, 1.54) is 6.07 Å². The lowest BCUT2D eigenvalue weighted by atomic mass is 10.2. The van der Waals surface area contributed by atoms with E-state index < -0.39 is 41.8 Å². The number of rotatable bonds is 4. The van der Waals surface area contributed by atoms with Crippen molar-refractivity contribution < 1.29 is 25.3 Å². The van der Waals surface area contributed by atoms with Crippen LogP contribution in [0.3, 0.4) is 0 Å². The van der Waals surface area contributed by atoms with Gasteiger partial charge in [-0.1, -0.05) is 17.7 Å². The third-order valence-corrected chi connectivity index (χ3v) is 10.7. The number of hydrogen-bond acceptors (Lipinski definition) is 6. The molecule has 0 bridgehead atoms. The summed E-state index contributed by atoms with van der Waals surface area (Å²) in [5, 5.41) is 0.243. The molecule has 0 aliphatic carbocycles. The average molecular weight is 442 g/mol. The highest BCUT2D eigenvalue weighted by molar-refractivity contribution is 7.92. The summed E-state index contributed by atoms with van der Waals surface area (Å²) in [7, 11) is -10.8. The van der Waals surface area contributed by atoms with Gasteiger partial charge in [-0.2, -0.15) is 4.31 Å².